The molecule has 11 nitrogen and oxygen atoms in total. The number of rotatable bonds is 8. The van der Waals surface area contributed by atoms with E-state index in [1.165, 1.54) is 17.5 Å². The number of carbonyl (C=O) groups excluding carboxylic acids is 2. The number of ether oxygens (including phenoxy) is 2. The second-order valence-corrected chi connectivity index (χ2v) is 9.28. The van der Waals surface area contributed by atoms with Crippen LogP contribution in [0.5, 0.6) is 5.75 Å². The zero-order valence-corrected chi connectivity index (χ0v) is 19.0. The van der Waals surface area contributed by atoms with Gasteiger partial charge >= 0.3 is 5.97 Å². The van der Waals surface area contributed by atoms with E-state index in [0.717, 1.165) is 36.8 Å². The minimum absolute atomic E-state index is 0.0278. The van der Waals surface area contributed by atoms with Crippen LogP contribution in [0.25, 0.3) is 0 Å². The first-order chi connectivity index (χ1) is 16.1. The largest absolute Gasteiger partial charge is 0.494 e. The summed E-state index contributed by atoms with van der Waals surface area (Å²) in [6.07, 6.45) is 2.21. The first kappa shape index (κ1) is 25.1. The molecule has 0 atom stereocenters. The van der Waals surface area contributed by atoms with Crippen LogP contribution in [0.4, 0.5) is 15.8 Å². The van der Waals surface area contributed by atoms with E-state index in [9.17, 15) is 32.5 Å². The third kappa shape index (κ3) is 5.66. The number of methoxy groups -OCH3 is 1. The number of carbonyl (C=O) groups is 2. The third-order valence-corrected chi connectivity index (χ3v) is 7.02. The fraction of sp³-hybridized carbons (Fsp3) is 0.333. The van der Waals surface area contributed by atoms with E-state index in [2.05, 4.69) is 5.32 Å². The summed E-state index contributed by atoms with van der Waals surface area (Å²) in [5.74, 6) is -2.77. The van der Waals surface area contributed by atoms with Crippen molar-refractivity contribution in [2.24, 2.45) is 0 Å². The number of halogens is 1. The lowest BCUT2D eigenvalue weighted by Crippen LogP contribution is -2.36. The lowest BCUT2D eigenvalue weighted by Gasteiger charge is -2.26. The quantitative estimate of drug-likeness (QED) is 0.334. The first-order valence-corrected chi connectivity index (χ1v) is 11.7. The monoisotopic (exact) mass is 495 g/mol. The van der Waals surface area contributed by atoms with Gasteiger partial charge in [-0.25, -0.2) is 17.6 Å². The molecular weight excluding hydrogens is 473 g/mol. The van der Waals surface area contributed by atoms with Crippen molar-refractivity contribution in [3.8, 4) is 5.75 Å². The number of non-ortho nitro benzene ring substituents is 1. The number of piperidine rings is 1. The molecule has 1 heterocycles. The summed E-state index contributed by atoms with van der Waals surface area (Å²) in [4.78, 5) is 34.2. The Morgan fingerprint density at radius 2 is 1.85 bits per heavy atom. The normalized spacial score (nSPS) is 14.3. The van der Waals surface area contributed by atoms with E-state index in [0.29, 0.717) is 12.8 Å². The lowest BCUT2D eigenvalue weighted by molar-refractivity contribution is -0.384. The Labute approximate surface area is 194 Å². The summed E-state index contributed by atoms with van der Waals surface area (Å²) in [7, 11) is -2.87. The SMILES string of the molecule is COc1cc([N+](=O)[O-])ccc1NC(=O)COC(=O)c1ccc(F)c(S(=O)(=O)N2CCCCC2)c1. The average molecular weight is 495 g/mol. The van der Waals surface area contributed by atoms with Crippen LogP contribution in [0.15, 0.2) is 41.3 Å². The number of hydrogen-bond acceptors (Lipinski definition) is 8. The van der Waals surface area contributed by atoms with Gasteiger partial charge in [0.2, 0.25) is 10.0 Å². The maximum atomic E-state index is 14.3. The Morgan fingerprint density at radius 3 is 2.50 bits per heavy atom. The van der Waals surface area contributed by atoms with Gasteiger partial charge in [0.15, 0.2) is 6.61 Å². The standard InChI is InChI=1S/C21H22FN3O8S/c1-32-18-12-15(25(28)29)6-8-17(18)23-20(26)13-33-21(27)14-5-7-16(22)19(11-14)34(30,31)24-9-3-2-4-10-24/h5-8,11-12H,2-4,9-10,13H2,1H3,(H,23,26). The molecule has 13 heteroatoms. The Hall–Kier alpha value is -3.58. The van der Waals surface area contributed by atoms with E-state index < -0.39 is 44.1 Å². The number of amides is 1. The molecule has 0 spiro atoms. The molecule has 0 saturated carbocycles. The van der Waals surface area contributed by atoms with Gasteiger partial charge in [-0.2, -0.15) is 4.31 Å². The minimum atomic E-state index is -4.13. The van der Waals surface area contributed by atoms with Crippen molar-refractivity contribution in [2.75, 3.05) is 32.1 Å². The average Bonchev–Trinajstić information content (AvgIpc) is 2.83. The van der Waals surface area contributed by atoms with Gasteiger partial charge in [0.1, 0.15) is 16.5 Å². The summed E-state index contributed by atoms with van der Waals surface area (Å²) < 4.78 is 51.0. The van der Waals surface area contributed by atoms with Crippen LogP contribution in [-0.4, -0.2) is 56.3 Å². The van der Waals surface area contributed by atoms with Gasteiger partial charge in [-0.15, -0.1) is 0 Å². The van der Waals surface area contributed by atoms with Crippen LogP contribution < -0.4 is 10.1 Å². The summed E-state index contributed by atoms with van der Waals surface area (Å²) >= 11 is 0. The number of nitro benzene ring substituents is 1. The van der Waals surface area contributed by atoms with Gasteiger partial charge in [0.05, 0.1) is 29.4 Å². The molecule has 1 fully saturated rings. The summed E-state index contributed by atoms with van der Waals surface area (Å²) in [6, 6.07) is 6.34. The third-order valence-electron chi connectivity index (χ3n) is 5.10. The van der Waals surface area contributed by atoms with E-state index in [1.54, 1.807) is 0 Å². The van der Waals surface area contributed by atoms with Crippen molar-refractivity contribution in [1.29, 1.82) is 0 Å². The molecule has 0 aliphatic carbocycles. The van der Waals surface area contributed by atoms with Crippen molar-refractivity contribution in [3.05, 3.63) is 57.9 Å². The molecule has 2 aromatic carbocycles. The fourth-order valence-corrected chi connectivity index (χ4v) is 4.98. The molecule has 1 aliphatic rings. The molecule has 34 heavy (non-hydrogen) atoms. The predicted molar refractivity (Wildman–Crippen MR) is 118 cm³/mol. The number of nitrogens with one attached hydrogen (secondary N) is 1. The number of benzene rings is 2. The lowest BCUT2D eigenvalue weighted by atomic mass is 10.2. The number of esters is 1. The van der Waals surface area contributed by atoms with E-state index >= 15 is 0 Å². The summed E-state index contributed by atoms with van der Waals surface area (Å²) in [5.41, 5.74) is -0.364. The zero-order valence-electron chi connectivity index (χ0n) is 18.2. The minimum Gasteiger partial charge on any atom is -0.494 e. The van der Waals surface area contributed by atoms with Gasteiger partial charge < -0.3 is 14.8 Å². The molecule has 3 rings (SSSR count). The molecular formula is C21H22FN3O8S. The molecule has 0 radical (unpaired) electrons. The molecule has 1 saturated heterocycles. The Kier molecular flexibility index (Phi) is 7.79. The highest BCUT2D eigenvalue weighted by Crippen LogP contribution is 2.29. The van der Waals surface area contributed by atoms with Crippen molar-refractivity contribution in [2.45, 2.75) is 24.2 Å². The molecule has 182 valence electrons. The maximum Gasteiger partial charge on any atom is 0.338 e. The second kappa shape index (κ2) is 10.6. The van der Waals surface area contributed by atoms with Crippen molar-refractivity contribution >= 4 is 33.3 Å². The number of nitro groups is 1. The van der Waals surface area contributed by atoms with E-state index in [-0.39, 0.29) is 35.8 Å². The molecule has 1 N–H and O–H groups in total. The second-order valence-electron chi connectivity index (χ2n) is 7.38. The predicted octanol–water partition coefficient (Wildman–Crippen LogP) is 2.71. The Morgan fingerprint density at radius 1 is 1.15 bits per heavy atom. The van der Waals surface area contributed by atoms with Gasteiger partial charge in [-0.05, 0) is 37.1 Å². The van der Waals surface area contributed by atoms with Crippen LogP contribution in [0.1, 0.15) is 29.6 Å². The molecule has 1 amide bonds. The number of nitrogens with zero attached hydrogens (tertiary/aromatic N) is 2. The molecule has 0 aromatic heterocycles. The molecule has 0 bridgehead atoms. The highest BCUT2D eigenvalue weighted by atomic mass is 32.2. The van der Waals surface area contributed by atoms with Crippen LogP contribution in [0.3, 0.4) is 0 Å². The van der Waals surface area contributed by atoms with Gasteiger partial charge in [0, 0.05) is 19.2 Å². The fourth-order valence-electron chi connectivity index (χ4n) is 3.37. The number of sulfonamides is 1. The molecule has 0 unspecified atom stereocenters. The van der Waals surface area contributed by atoms with Gasteiger partial charge in [-0.3, -0.25) is 14.9 Å². The molecule has 2 aromatic rings. The van der Waals surface area contributed by atoms with Crippen LogP contribution in [-0.2, 0) is 19.6 Å². The highest BCUT2D eigenvalue weighted by molar-refractivity contribution is 7.89. The Balaban J connectivity index is 1.68. The first-order valence-electron chi connectivity index (χ1n) is 10.2. The van der Waals surface area contributed by atoms with Crippen molar-refractivity contribution < 1.29 is 36.8 Å². The van der Waals surface area contributed by atoms with Crippen molar-refractivity contribution in [3.63, 3.8) is 0 Å². The van der Waals surface area contributed by atoms with E-state index in [4.69, 9.17) is 9.47 Å². The van der Waals surface area contributed by atoms with Gasteiger partial charge in [0.25, 0.3) is 11.6 Å². The highest BCUT2D eigenvalue weighted by Gasteiger charge is 2.29. The maximum absolute atomic E-state index is 14.3. The van der Waals surface area contributed by atoms with E-state index in [1.807, 2.05) is 0 Å². The molecule has 1 aliphatic heterocycles. The number of hydrogen-bond donors (Lipinski definition) is 1. The summed E-state index contributed by atoms with van der Waals surface area (Å²) in [5, 5.41) is 13.2. The van der Waals surface area contributed by atoms with Crippen LogP contribution in [0.2, 0.25) is 0 Å². The Bertz CT molecular complexity index is 1210. The number of anilines is 1. The van der Waals surface area contributed by atoms with Crippen LogP contribution >= 0.6 is 0 Å². The summed E-state index contributed by atoms with van der Waals surface area (Å²) in [6.45, 7) is -0.212. The van der Waals surface area contributed by atoms with Crippen molar-refractivity contribution in [1.82, 2.24) is 4.31 Å². The smallest absolute Gasteiger partial charge is 0.338 e. The topological polar surface area (TPSA) is 145 Å². The van der Waals surface area contributed by atoms with Gasteiger partial charge in [-0.1, -0.05) is 6.42 Å². The van der Waals surface area contributed by atoms with Crippen LogP contribution in [0, 0.1) is 15.9 Å². The zero-order chi connectivity index (χ0) is 24.9.